The van der Waals surface area contributed by atoms with Crippen molar-refractivity contribution in [1.82, 2.24) is 0 Å². The summed E-state index contributed by atoms with van der Waals surface area (Å²) in [7, 11) is 1.75. The second-order valence-corrected chi connectivity index (χ2v) is 7.46. The van der Waals surface area contributed by atoms with Gasteiger partial charge in [-0.2, -0.15) is 0 Å². The number of ether oxygens (including phenoxy) is 1. The number of methoxy groups -OCH3 is 1. The normalized spacial score (nSPS) is 23.8. The Bertz CT molecular complexity index is 663. The van der Waals surface area contributed by atoms with Crippen LogP contribution >= 0.6 is 11.3 Å². The number of hydrogen-bond donors (Lipinski definition) is 0. The lowest BCUT2D eigenvalue weighted by atomic mass is 9.90. The molecular weight excluding hydrogens is 278 g/mol. The van der Waals surface area contributed by atoms with Crippen LogP contribution in [0.1, 0.15) is 34.9 Å². The summed E-state index contributed by atoms with van der Waals surface area (Å²) in [5, 5.41) is 1.44. The molecule has 2 unspecified atom stereocenters. The van der Waals surface area contributed by atoms with Crippen molar-refractivity contribution in [2.24, 2.45) is 5.92 Å². The van der Waals surface area contributed by atoms with Gasteiger partial charge in [-0.05, 0) is 67.5 Å². The Morgan fingerprint density at radius 3 is 2.90 bits per heavy atom. The number of thiophene rings is 1. The highest BCUT2D eigenvalue weighted by Crippen LogP contribution is 2.48. The van der Waals surface area contributed by atoms with Gasteiger partial charge in [-0.15, -0.1) is 11.3 Å². The van der Waals surface area contributed by atoms with Crippen molar-refractivity contribution in [3.05, 3.63) is 46.3 Å². The van der Waals surface area contributed by atoms with E-state index in [1.807, 2.05) is 11.3 Å². The maximum Gasteiger partial charge on any atom is 0.119 e. The summed E-state index contributed by atoms with van der Waals surface area (Å²) in [5.74, 6) is 1.76. The van der Waals surface area contributed by atoms with Crippen LogP contribution in [0.25, 0.3) is 0 Å². The Morgan fingerprint density at radius 1 is 1.24 bits per heavy atom. The summed E-state index contributed by atoms with van der Waals surface area (Å²) < 4.78 is 5.40. The van der Waals surface area contributed by atoms with Crippen LogP contribution in [0.4, 0.5) is 5.00 Å². The largest absolute Gasteiger partial charge is 0.497 e. The minimum absolute atomic E-state index is 0.567. The zero-order valence-electron chi connectivity index (χ0n) is 12.6. The number of benzene rings is 1. The third-order valence-electron chi connectivity index (χ3n) is 4.92. The van der Waals surface area contributed by atoms with Gasteiger partial charge in [-0.3, -0.25) is 0 Å². The Kier molecular flexibility index (Phi) is 3.18. The van der Waals surface area contributed by atoms with Crippen molar-refractivity contribution in [3.63, 3.8) is 0 Å². The Morgan fingerprint density at radius 2 is 2.14 bits per heavy atom. The Hall–Kier alpha value is -1.48. The third kappa shape index (κ3) is 2.15. The zero-order valence-corrected chi connectivity index (χ0v) is 13.5. The monoisotopic (exact) mass is 299 g/mol. The highest BCUT2D eigenvalue weighted by atomic mass is 32.1. The van der Waals surface area contributed by atoms with Crippen LogP contribution in [-0.2, 0) is 6.42 Å². The fourth-order valence-corrected chi connectivity index (χ4v) is 4.92. The van der Waals surface area contributed by atoms with Crippen molar-refractivity contribution < 1.29 is 4.74 Å². The second-order valence-electron chi connectivity index (χ2n) is 6.19. The minimum atomic E-state index is 0.567. The van der Waals surface area contributed by atoms with E-state index in [2.05, 4.69) is 42.2 Å². The number of rotatable bonds is 2. The SMILES string of the molecule is COc1ccc2c(c1)CC1CCCN(c3ccc(C)s3)C21. The highest BCUT2D eigenvalue weighted by Gasteiger charge is 2.39. The van der Waals surface area contributed by atoms with Crippen molar-refractivity contribution in [2.45, 2.75) is 32.2 Å². The van der Waals surface area contributed by atoms with Gasteiger partial charge in [0, 0.05) is 11.4 Å². The number of piperidine rings is 1. The summed E-state index contributed by atoms with van der Waals surface area (Å²) in [6, 6.07) is 11.8. The van der Waals surface area contributed by atoms with Crippen LogP contribution < -0.4 is 9.64 Å². The van der Waals surface area contributed by atoms with Crippen molar-refractivity contribution in [1.29, 1.82) is 0 Å². The minimum Gasteiger partial charge on any atom is -0.497 e. The summed E-state index contributed by atoms with van der Waals surface area (Å²) in [6.45, 7) is 3.38. The predicted octanol–water partition coefficient (Wildman–Crippen LogP) is 4.58. The molecule has 2 nitrogen and oxygen atoms in total. The van der Waals surface area contributed by atoms with E-state index < -0.39 is 0 Å². The zero-order chi connectivity index (χ0) is 14.4. The molecule has 2 atom stereocenters. The van der Waals surface area contributed by atoms with Crippen LogP contribution in [0.3, 0.4) is 0 Å². The standard InChI is InChI=1S/C18H21NOS/c1-12-5-8-17(21-12)19-9-3-4-13-10-14-11-15(20-2)6-7-16(14)18(13)19/h5-8,11,13,18H,3-4,9-10H2,1-2H3. The van der Waals surface area contributed by atoms with Gasteiger partial charge in [-0.25, -0.2) is 0 Å². The Balaban J connectivity index is 1.74. The van der Waals surface area contributed by atoms with Crippen molar-refractivity contribution in [3.8, 4) is 5.75 Å². The van der Waals surface area contributed by atoms with Crippen molar-refractivity contribution in [2.75, 3.05) is 18.6 Å². The third-order valence-corrected chi connectivity index (χ3v) is 5.95. The van der Waals surface area contributed by atoms with Crippen LogP contribution in [0.5, 0.6) is 5.75 Å². The summed E-state index contributed by atoms with van der Waals surface area (Å²) in [6.07, 6.45) is 3.86. The first-order chi connectivity index (χ1) is 10.3. The van der Waals surface area contributed by atoms with Gasteiger partial charge in [0.1, 0.15) is 5.75 Å². The lowest BCUT2D eigenvalue weighted by Crippen LogP contribution is -2.36. The maximum atomic E-state index is 5.40. The lowest BCUT2D eigenvalue weighted by Gasteiger charge is -2.39. The van der Waals surface area contributed by atoms with Gasteiger partial charge in [0.15, 0.2) is 0 Å². The van der Waals surface area contributed by atoms with Gasteiger partial charge in [-0.1, -0.05) is 6.07 Å². The molecule has 0 N–H and O–H groups in total. The molecule has 1 aliphatic carbocycles. The van der Waals surface area contributed by atoms with Gasteiger partial charge >= 0.3 is 0 Å². The van der Waals surface area contributed by atoms with Crippen LogP contribution in [-0.4, -0.2) is 13.7 Å². The van der Waals surface area contributed by atoms with Crippen LogP contribution in [0, 0.1) is 12.8 Å². The van der Waals surface area contributed by atoms with Gasteiger partial charge in [0.2, 0.25) is 0 Å². The fourth-order valence-electron chi connectivity index (χ4n) is 3.99. The van der Waals surface area contributed by atoms with E-state index in [0.717, 1.165) is 11.7 Å². The lowest BCUT2D eigenvalue weighted by molar-refractivity contribution is 0.352. The smallest absolute Gasteiger partial charge is 0.119 e. The molecule has 2 heterocycles. The molecular formula is C18H21NOS. The number of hydrogen-bond acceptors (Lipinski definition) is 3. The molecule has 0 radical (unpaired) electrons. The molecule has 1 saturated heterocycles. The molecule has 1 aliphatic heterocycles. The van der Waals surface area contributed by atoms with Crippen LogP contribution in [0.15, 0.2) is 30.3 Å². The molecule has 110 valence electrons. The topological polar surface area (TPSA) is 12.5 Å². The first kappa shape index (κ1) is 13.2. The molecule has 21 heavy (non-hydrogen) atoms. The number of nitrogens with zero attached hydrogens (tertiary/aromatic N) is 1. The van der Waals surface area contributed by atoms with Crippen molar-refractivity contribution >= 4 is 16.3 Å². The maximum absolute atomic E-state index is 5.40. The summed E-state index contributed by atoms with van der Waals surface area (Å²) >= 11 is 1.93. The summed E-state index contributed by atoms with van der Waals surface area (Å²) in [4.78, 5) is 4.05. The molecule has 2 aliphatic rings. The number of anilines is 1. The molecule has 3 heteroatoms. The summed E-state index contributed by atoms with van der Waals surface area (Å²) in [5.41, 5.74) is 3.01. The molecule has 0 amide bonds. The van der Waals surface area contributed by atoms with Gasteiger partial charge < -0.3 is 9.64 Å². The van der Waals surface area contributed by atoms with E-state index in [4.69, 9.17) is 4.74 Å². The number of aryl methyl sites for hydroxylation is 1. The first-order valence-electron chi connectivity index (χ1n) is 7.76. The predicted molar refractivity (Wildman–Crippen MR) is 88.6 cm³/mol. The van der Waals surface area contributed by atoms with E-state index in [0.29, 0.717) is 6.04 Å². The molecule has 0 bridgehead atoms. The highest BCUT2D eigenvalue weighted by molar-refractivity contribution is 7.16. The second kappa shape index (κ2) is 5.06. The fraction of sp³-hybridized carbons (Fsp3) is 0.444. The molecule has 1 fully saturated rings. The molecule has 0 saturated carbocycles. The molecule has 1 aromatic carbocycles. The van der Waals surface area contributed by atoms with E-state index in [1.54, 1.807) is 7.11 Å². The van der Waals surface area contributed by atoms with Gasteiger partial charge in [0.05, 0.1) is 18.2 Å². The van der Waals surface area contributed by atoms with Gasteiger partial charge in [0.25, 0.3) is 0 Å². The van der Waals surface area contributed by atoms with E-state index in [9.17, 15) is 0 Å². The molecule has 0 spiro atoms. The van der Waals surface area contributed by atoms with Crippen LogP contribution in [0.2, 0.25) is 0 Å². The Labute approximate surface area is 130 Å². The number of fused-ring (bicyclic) bond motifs is 3. The van der Waals surface area contributed by atoms with E-state index >= 15 is 0 Å². The average molecular weight is 299 g/mol. The molecule has 1 aromatic heterocycles. The molecule has 4 rings (SSSR count). The van der Waals surface area contributed by atoms with E-state index in [-0.39, 0.29) is 0 Å². The molecule has 2 aromatic rings. The average Bonchev–Trinajstić information content (AvgIpc) is 3.09. The quantitative estimate of drug-likeness (QED) is 0.805. The first-order valence-corrected chi connectivity index (χ1v) is 8.58. The van der Waals surface area contributed by atoms with E-state index in [1.165, 1.54) is 46.8 Å².